The first-order chi connectivity index (χ1) is 11.1. The molecule has 1 aromatic rings. The summed E-state index contributed by atoms with van der Waals surface area (Å²) in [6.07, 6.45) is -0.622. The van der Waals surface area contributed by atoms with Crippen LogP contribution in [0.1, 0.15) is 17.2 Å². The molecule has 6 heteroatoms. The third-order valence-corrected chi connectivity index (χ3v) is 5.41. The molecule has 2 atom stereocenters. The van der Waals surface area contributed by atoms with Crippen molar-refractivity contribution >= 4 is 23.6 Å². The van der Waals surface area contributed by atoms with Gasteiger partial charge in [-0.1, -0.05) is 29.8 Å². The van der Waals surface area contributed by atoms with E-state index in [0.717, 1.165) is 35.7 Å². The van der Waals surface area contributed by atoms with Crippen molar-refractivity contribution in [3.05, 3.63) is 35.4 Å². The van der Waals surface area contributed by atoms with E-state index in [2.05, 4.69) is 0 Å². The Morgan fingerprint density at radius 2 is 1.87 bits per heavy atom. The summed E-state index contributed by atoms with van der Waals surface area (Å²) in [6.45, 7) is 3.49. The second-order valence-corrected chi connectivity index (χ2v) is 7.25. The lowest BCUT2D eigenvalue weighted by Crippen LogP contribution is -2.55. The fourth-order valence-electron chi connectivity index (χ4n) is 3.04. The van der Waals surface area contributed by atoms with Crippen LogP contribution in [-0.4, -0.2) is 66.0 Å². The van der Waals surface area contributed by atoms with Crippen LogP contribution >= 0.6 is 11.8 Å². The van der Waals surface area contributed by atoms with Crippen LogP contribution in [0.3, 0.4) is 0 Å². The highest BCUT2D eigenvalue weighted by molar-refractivity contribution is 7.99. The Morgan fingerprint density at radius 1 is 1.22 bits per heavy atom. The number of ether oxygens (including phenoxy) is 1. The number of rotatable bonds is 2. The van der Waals surface area contributed by atoms with Crippen molar-refractivity contribution in [1.82, 2.24) is 9.80 Å². The predicted octanol–water partition coefficient (Wildman–Crippen LogP) is 1.47. The van der Waals surface area contributed by atoms with Gasteiger partial charge in [-0.15, -0.1) is 0 Å². The van der Waals surface area contributed by atoms with Gasteiger partial charge in [-0.05, 0) is 12.5 Å². The van der Waals surface area contributed by atoms with Crippen LogP contribution in [0.25, 0.3) is 0 Å². The largest absolute Gasteiger partial charge is 0.356 e. The Labute approximate surface area is 141 Å². The molecule has 2 saturated heterocycles. The molecule has 2 heterocycles. The van der Waals surface area contributed by atoms with Gasteiger partial charge in [0.05, 0.1) is 6.04 Å². The monoisotopic (exact) mass is 334 g/mol. The molecule has 5 nitrogen and oxygen atoms in total. The molecule has 2 aliphatic heterocycles. The average molecular weight is 334 g/mol. The van der Waals surface area contributed by atoms with Crippen LogP contribution in [0.15, 0.2) is 24.3 Å². The molecule has 0 aromatic heterocycles. The highest BCUT2D eigenvalue weighted by Crippen LogP contribution is 2.30. The normalized spacial score (nSPS) is 25.6. The average Bonchev–Trinajstić information content (AvgIpc) is 2.58. The van der Waals surface area contributed by atoms with E-state index in [1.807, 2.05) is 47.9 Å². The molecule has 2 amide bonds. The van der Waals surface area contributed by atoms with E-state index < -0.39 is 6.10 Å². The van der Waals surface area contributed by atoms with Gasteiger partial charge in [0, 0.05) is 31.6 Å². The molecule has 0 saturated carbocycles. The summed E-state index contributed by atoms with van der Waals surface area (Å²) >= 11 is 1.86. The molecular formula is C17H22N2O3S. The molecule has 3 rings (SSSR count). The number of carbonyl (C=O) groups is 2. The summed E-state index contributed by atoms with van der Waals surface area (Å²) < 4.78 is 5.68. The standard InChI is InChI=1S/C17H22N2O3S/c1-12-3-5-13(6-4-12)15-16(22-11-14(20)18(15)2)17(21)19-7-9-23-10-8-19/h3-6,15-16H,7-11H2,1-2H3/t15-,16-/m0/s1. The van der Waals surface area contributed by atoms with Gasteiger partial charge in [0.2, 0.25) is 5.91 Å². The predicted molar refractivity (Wildman–Crippen MR) is 90.3 cm³/mol. The van der Waals surface area contributed by atoms with Crippen LogP contribution in [0.4, 0.5) is 0 Å². The van der Waals surface area contributed by atoms with Crippen molar-refractivity contribution in [2.24, 2.45) is 0 Å². The number of thioether (sulfide) groups is 1. The smallest absolute Gasteiger partial charge is 0.254 e. The fraction of sp³-hybridized carbons (Fsp3) is 0.529. The van der Waals surface area contributed by atoms with E-state index in [1.165, 1.54) is 0 Å². The minimum atomic E-state index is -0.622. The minimum absolute atomic E-state index is 0.00442. The summed E-state index contributed by atoms with van der Waals surface area (Å²) in [6, 6.07) is 7.59. The quantitative estimate of drug-likeness (QED) is 0.822. The number of benzene rings is 1. The number of morpholine rings is 1. The van der Waals surface area contributed by atoms with Crippen molar-refractivity contribution < 1.29 is 14.3 Å². The first-order valence-electron chi connectivity index (χ1n) is 7.88. The van der Waals surface area contributed by atoms with Crippen molar-refractivity contribution in [1.29, 1.82) is 0 Å². The molecular weight excluding hydrogens is 312 g/mol. The fourth-order valence-corrected chi connectivity index (χ4v) is 3.95. The Balaban J connectivity index is 1.87. The molecule has 2 fully saturated rings. The SMILES string of the molecule is Cc1ccc([C@H]2[C@@H](C(=O)N3CCSCC3)OCC(=O)N2C)cc1. The van der Waals surface area contributed by atoms with Gasteiger partial charge in [-0.25, -0.2) is 0 Å². The molecule has 0 spiro atoms. The second-order valence-electron chi connectivity index (χ2n) is 6.03. The Kier molecular flexibility index (Phi) is 4.92. The molecule has 0 aliphatic carbocycles. The van der Waals surface area contributed by atoms with Gasteiger partial charge in [0.15, 0.2) is 6.10 Å². The van der Waals surface area contributed by atoms with E-state index in [9.17, 15) is 9.59 Å². The van der Waals surface area contributed by atoms with E-state index in [1.54, 1.807) is 11.9 Å². The zero-order chi connectivity index (χ0) is 16.4. The molecule has 1 aromatic carbocycles. The van der Waals surface area contributed by atoms with E-state index in [0.29, 0.717) is 0 Å². The number of aryl methyl sites for hydroxylation is 1. The van der Waals surface area contributed by atoms with Crippen LogP contribution in [0.5, 0.6) is 0 Å². The van der Waals surface area contributed by atoms with Crippen LogP contribution in [0, 0.1) is 6.92 Å². The number of nitrogens with zero attached hydrogens (tertiary/aromatic N) is 2. The topological polar surface area (TPSA) is 49.9 Å². The summed E-state index contributed by atoms with van der Waals surface area (Å²) in [5, 5.41) is 0. The third kappa shape index (κ3) is 3.38. The Hall–Kier alpha value is -1.53. The first-order valence-corrected chi connectivity index (χ1v) is 9.04. The van der Waals surface area contributed by atoms with E-state index in [4.69, 9.17) is 4.74 Å². The van der Waals surface area contributed by atoms with Gasteiger partial charge in [-0.3, -0.25) is 9.59 Å². The third-order valence-electron chi connectivity index (χ3n) is 4.47. The van der Waals surface area contributed by atoms with Crippen molar-refractivity contribution in [3.8, 4) is 0 Å². The number of likely N-dealkylation sites (N-methyl/N-ethyl adjacent to an activating group) is 1. The Bertz CT molecular complexity index is 584. The molecule has 0 unspecified atom stereocenters. The maximum atomic E-state index is 12.9. The summed E-state index contributed by atoms with van der Waals surface area (Å²) in [7, 11) is 1.75. The molecule has 0 bridgehead atoms. The van der Waals surface area contributed by atoms with Crippen LogP contribution in [-0.2, 0) is 14.3 Å². The lowest BCUT2D eigenvalue weighted by Gasteiger charge is -2.40. The lowest BCUT2D eigenvalue weighted by atomic mass is 9.96. The zero-order valence-electron chi connectivity index (χ0n) is 13.5. The second kappa shape index (κ2) is 6.93. The van der Waals surface area contributed by atoms with Gasteiger partial charge >= 0.3 is 0 Å². The maximum absolute atomic E-state index is 12.9. The molecule has 2 aliphatic rings. The van der Waals surface area contributed by atoms with Crippen LogP contribution in [0.2, 0.25) is 0 Å². The summed E-state index contributed by atoms with van der Waals surface area (Å²) in [5.74, 6) is 1.83. The minimum Gasteiger partial charge on any atom is -0.356 e. The van der Waals surface area contributed by atoms with Crippen LogP contribution < -0.4 is 0 Å². The lowest BCUT2D eigenvalue weighted by molar-refractivity contribution is -0.167. The number of hydrogen-bond acceptors (Lipinski definition) is 4. The zero-order valence-corrected chi connectivity index (χ0v) is 14.3. The highest BCUT2D eigenvalue weighted by atomic mass is 32.2. The number of carbonyl (C=O) groups excluding carboxylic acids is 2. The van der Waals surface area contributed by atoms with E-state index in [-0.39, 0.29) is 24.5 Å². The van der Waals surface area contributed by atoms with Gasteiger partial charge in [-0.2, -0.15) is 11.8 Å². The summed E-state index contributed by atoms with van der Waals surface area (Å²) in [5.41, 5.74) is 2.09. The van der Waals surface area contributed by atoms with Gasteiger partial charge in [0.1, 0.15) is 6.61 Å². The highest BCUT2D eigenvalue weighted by Gasteiger charge is 2.41. The van der Waals surface area contributed by atoms with Crippen molar-refractivity contribution in [3.63, 3.8) is 0 Å². The van der Waals surface area contributed by atoms with Gasteiger partial charge < -0.3 is 14.5 Å². The van der Waals surface area contributed by atoms with E-state index >= 15 is 0 Å². The molecule has 0 N–H and O–H groups in total. The maximum Gasteiger partial charge on any atom is 0.254 e. The molecule has 23 heavy (non-hydrogen) atoms. The van der Waals surface area contributed by atoms with Crippen molar-refractivity contribution in [2.45, 2.75) is 19.1 Å². The molecule has 0 radical (unpaired) electrons. The Morgan fingerprint density at radius 3 is 2.52 bits per heavy atom. The van der Waals surface area contributed by atoms with Crippen molar-refractivity contribution in [2.75, 3.05) is 38.2 Å². The summed E-state index contributed by atoms with van der Waals surface area (Å²) in [4.78, 5) is 28.5. The molecule has 124 valence electrons. The van der Waals surface area contributed by atoms with Gasteiger partial charge in [0.25, 0.3) is 5.91 Å². The number of amides is 2. The first kappa shape index (κ1) is 16.3. The number of hydrogen-bond donors (Lipinski definition) is 0.